The fourth-order valence-electron chi connectivity index (χ4n) is 5.99. The Balaban J connectivity index is 1.77. The normalized spacial score (nSPS) is 37.0. The van der Waals surface area contributed by atoms with E-state index in [1.807, 2.05) is 12.1 Å². The Morgan fingerprint density at radius 2 is 1.96 bits per heavy atom. The van der Waals surface area contributed by atoms with E-state index in [4.69, 9.17) is 9.98 Å². The van der Waals surface area contributed by atoms with Crippen LogP contribution >= 0.6 is 0 Å². The number of nitrogens with zero attached hydrogens (tertiary/aromatic N) is 2. The second-order valence-electron chi connectivity index (χ2n) is 8.19. The molecule has 4 atom stereocenters. The Labute approximate surface area is 151 Å². The molecule has 0 amide bonds. The molecular weight excluding hydrogens is 308 g/mol. The van der Waals surface area contributed by atoms with Crippen molar-refractivity contribution >= 4 is 11.4 Å². The highest BCUT2D eigenvalue weighted by molar-refractivity contribution is 6.04. The van der Waals surface area contributed by atoms with E-state index in [0.717, 1.165) is 25.4 Å². The Bertz CT molecular complexity index is 736. The molecule has 0 saturated heterocycles. The van der Waals surface area contributed by atoms with Gasteiger partial charge in [0, 0.05) is 35.5 Å². The smallest absolute Gasteiger partial charge is 0.116 e. The molecule has 3 unspecified atom stereocenters. The molecule has 0 aliphatic heterocycles. The van der Waals surface area contributed by atoms with Crippen molar-refractivity contribution in [2.75, 3.05) is 13.1 Å². The molecule has 3 aliphatic carbocycles. The summed E-state index contributed by atoms with van der Waals surface area (Å²) in [5.74, 6) is 2.37. The highest BCUT2D eigenvalue weighted by Gasteiger charge is 2.54. The third-order valence-electron chi connectivity index (χ3n) is 7.05. The highest BCUT2D eigenvalue weighted by Crippen LogP contribution is 2.60. The Kier molecular flexibility index (Phi) is 4.21. The zero-order chi connectivity index (χ0) is 17.6. The van der Waals surface area contributed by atoms with Crippen LogP contribution in [0.1, 0.15) is 69.9 Å². The monoisotopic (exact) mass is 338 g/mol. The Morgan fingerprint density at radius 1 is 1.16 bits per heavy atom. The Morgan fingerprint density at radius 3 is 2.72 bits per heavy atom. The van der Waals surface area contributed by atoms with Crippen LogP contribution in [0.3, 0.4) is 0 Å². The largest absolute Gasteiger partial charge is 0.508 e. The summed E-state index contributed by atoms with van der Waals surface area (Å²) in [5, 5.41) is 9.98. The van der Waals surface area contributed by atoms with Gasteiger partial charge in [-0.15, -0.1) is 0 Å². The third-order valence-corrected chi connectivity index (χ3v) is 7.05. The first-order valence-electron chi connectivity index (χ1n) is 9.98. The van der Waals surface area contributed by atoms with Crippen LogP contribution in [-0.4, -0.2) is 29.6 Å². The lowest BCUT2D eigenvalue weighted by Crippen LogP contribution is -2.43. The zero-order valence-corrected chi connectivity index (χ0v) is 15.8. The van der Waals surface area contributed by atoms with Crippen LogP contribution in [0.15, 0.2) is 28.2 Å². The zero-order valence-electron chi connectivity index (χ0n) is 15.8. The molecule has 3 nitrogen and oxygen atoms in total. The Hall–Kier alpha value is -1.64. The number of hydrogen-bond donors (Lipinski definition) is 1. The van der Waals surface area contributed by atoms with Crippen molar-refractivity contribution in [2.45, 2.75) is 58.8 Å². The fraction of sp³-hybridized carbons (Fsp3) is 0.636. The molecule has 1 N–H and O–H groups in total. The molecule has 1 aromatic rings. The first-order valence-corrected chi connectivity index (χ1v) is 9.98. The van der Waals surface area contributed by atoms with Gasteiger partial charge in [-0.05, 0) is 81.4 Å². The number of rotatable bonds is 2. The average molecular weight is 338 g/mol. The predicted octanol–water partition coefficient (Wildman–Crippen LogP) is 4.98. The molecule has 3 heteroatoms. The maximum Gasteiger partial charge on any atom is 0.116 e. The average Bonchev–Trinajstić information content (AvgIpc) is 2.93. The van der Waals surface area contributed by atoms with Gasteiger partial charge in [-0.2, -0.15) is 0 Å². The maximum absolute atomic E-state index is 9.98. The first kappa shape index (κ1) is 16.8. The topological polar surface area (TPSA) is 45.0 Å². The minimum atomic E-state index is 0.295. The van der Waals surface area contributed by atoms with E-state index in [1.165, 1.54) is 48.2 Å². The van der Waals surface area contributed by atoms with E-state index < -0.39 is 0 Å². The van der Waals surface area contributed by atoms with Crippen molar-refractivity contribution in [1.82, 2.24) is 0 Å². The van der Waals surface area contributed by atoms with Crippen molar-refractivity contribution in [2.24, 2.45) is 27.2 Å². The van der Waals surface area contributed by atoms with Crippen molar-refractivity contribution < 1.29 is 5.11 Å². The summed E-state index contributed by atoms with van der Waals surface area (Å²) in [7, 11) is 0. The van der Waals surface area contributed by atoms with Crippen LogP contribution < -0.4 is 0 Å². The second kappa shape index (κ2) is 6.26. The fourth-order valence-corrected chi connectivity index (χ4v) is 5.99. The van der Waals surface area contributed by atoms with Gasteiger partial charge in [0.25, 0.3) is 0 Å². The summed E-state index contributed by atoms with van der Waals surface area (Å²) in [6.07, 6.45) is 6.01. The lowest BCUT2D eigenvalue weighted by molar-refractivity contribution is 0.111. The lowest BCUT2D eigenvalue weighted by Gasteiger charge is -2.49. The van der Waals surface area contributed by atoms with Crippen molar-refractivity contribution in [3.63, 3.8) is 0 Å². The minimum absolute atomic E-state index is 0.295. The van der Waals surface area contributed by atoms with Gasteiger partial charge < -0.3 is 5.11 Å². The quantitative estimate of drug-likeness (QED) is 0.812. The minimum Gasteiger partial charge on any atom is -0.508 e. The van der Waals surface area contributed by atoms with Gasteiger partial charge >= 0.3 is 0 Å². The standard InChI is InChI=1S/C22H30N2O/c1-4-23-20-13-17-16(15-7-6-14(25)12-18(15)20)10-11-22(3)19(17)8-9-21(22)24-5-2/h6-7,12,16-17,19,25H,4-5,8-11,13H2,1-3H3/b23-20+,24-21+/t16?,17?,19?,22-/m0/s1. The van der Waals surface area contributed by atoms with Gasteiger partial charge in [-0.25, -0.2) is 0 Å². The summed E-state index contributed by atoms with van der Waals surface area (Å²) in [5.41, 5.74) is 5.60. The number of hydrogen-bond acceptors (Lipinski definition) is 3. The van der Waals surface area contributed by atoms with E-state index in [2.05, 4.69) is 26.8 Å². The summed E-state index contributed by atoms with van der Waals surface area (Å²) >= 11 is 0. The summed E-state index contributed by atoms with van der Waals surface area (Å²) in [6, 6.07) is 5.95. The molecular formula is C22H30N2O. The van der Waals surface area contributed by atoms with Gasteiger partial charge in [0.2, 0.25) is 0 Å². The van der Waals surface area contributed by atoms with Crippen LogP contribution in [-0.2, 0) is 0 Å². The van der Waals surface area contributed by atoms with Gasteiger partial charge in [0.05, 0.1) is 0 Å². The van der Waals surface area contributed by atoms with Crippen LogP contribution in [0.5, 0.6) is 5.75 Å². The van der Waals surface area contributed by atoms with Crippen molar-refractivity contribution in [1.29, 1.82) is 0 Å². The van der Waals surface area contributed by atoms with Crippen LogP contribution in [0, 0.1) is 17.3 Å². The van der Waals surface area contributed by atoms with E-state index in [1.54, 1.807) is 0 Å². The third kappa shape index (κ3) is 2.54. The predicted molar refractivity (Wildman–Crippen MR) is 104 cm³/mol. The summed E-state index contributed by atoms with van der Waals surface area (Å²) < 4.78 is 0. The highest BCUT2D eigenvalue weighted by atomic mass is 16.3. The van der Waals surface area contributed by atoms with Crippen LogP contribution in [0.4, 0.5) is 0 Å². The van der Waals surface area contributed by atoms with Crippen LogP contribution in [0.25, 0.3) is 0 Å². The van der Waals surface area contributed by atoms with Gasteiger partial charge in [-0.3, -0.25) is 9.98 Å². The molecule has 3 aliphatic rings. The summed E-state index contributed by atoms with van der Waals surface area (Å²) in [4.78, 5) is 9.71. The second-order valence-corrected chi connectivity index (χ2v) is 8.19. The lowest BCUT2D eigenvalue weighted by atomic mass is 9.55. The molecule has 2 saturated carbocycles. The molecule has 4 rings (SSSR count). The molecule has 0 radical (unpaired) electrons. The number of aromatic hydroxyl groups is 1. The van der Waals surface area contributed by atoms with Crippen LogP contribution in [0.2, 0.25) is 0 Å². The van der Waals surface area contributed by atoms with Gasteiger partial charge in [0.1, 0.15) is 5.75 Å². The number of fused-ring (bicyclic) bond motifs is 5. The molecule has 0 spiro atoms. The van der Waals surface area contributed by atoms with Crippen molar-refractivity contribution in [3.8, 4) is 5.75 Å². The van der Waals surface area contributed by atoms with E-state index in [9.17, 15) is 5.11 Å². The van der Waals surface area contributed by atoms with E-state index >= 15 is 0 Å². The SMILES string of the molecule is CC/N=C1\CC2C(CC[C@]3(C)/C(=N/CC)CCC23)c2ccc(O)cc21. The van der Waals surface area contributed by atoms with Gasteiger partial charge in [0.15, 0.2) is 0 Å². The van der Waals surface area contributed by atoms with Crippen molar-refractivity contribution in [3.05, 3.63) is 29.3 Å². The maximum atomic E-state index is 9.98. The van der Waals surface area contributed by atoms with Gasteiger partial charge in [-0.1, -0.05) is 13.0 Å². The van der Waals surface area contributed by atoms with E-state index in [0.29, 0.717) is 23.0 Å². The molecule has 0 bridgehead atoms. The molecule has 2 fully saturated rings. The van der Waals surface area contributed by atoms with E-state index in [-0.39, 0.29) is 0 Å². The molecule has 1 aromatic carbocycles. The number of phenols is 1. The summed E-state index contributed by atoms with van der Waals surface area (Å²) in [6.45, 7) is 8.46. The number of aliphatic imine (C=N–C) groups is 2. The molecule has 134 valence electrons. The number of phenolic OH excluding ortho intramolecular Hbond substituents is 1. The number of benzene rings is 1. The molecule has 25 heavy (non-hydrogen) atoms. The molecule has 0 heterocycles. The first-order chi connectivity index (χ1) is 12.1. The molecule has 0 aromatic heterocycles.